The van der Waals surface area contributed by atoms with Crippen molar-refractivity contribution >= 4 is 10.8 Å². The minimum absolute atomic E-state index is 0.486. The smallest absolute Gasteiger partial charge is 0.0349 e. The Kier molecular flexibility index (Phi) is 2.81. The van der Waals surface area contributed by atoms with E-state index in [-0.39, 0.29) is 0 Å². The summed E-state index contributed by atoms with van der Waals surface area (Å²) in [5.41, 5.74) is 0. The van der Waals surface area contributed by atoms with Gasteiger partial charge in [0, 0.05) is 21.8 Å². The zero-order valence-corrected chi connectivity index (χ0v) is 8.24. The van der Waals surface area contributed by atoms with Crippen molar-refractivity contribution in [3.05, 3.63) is 0 Å². The van der Waals surface area contributed by atoms with Gasteiger partial charge < -0.3 is 5.32 Å². The average Bonchev–Trinajstić information content (AvgIpc) is 2.88. The molecule has 0 aromatic heterocycles. The molecule has 2 rings (SSSR count). The van der Waals surface area contributed by atoms with Gasteiger partial charge in [-0.15, -0.1) is 0 Å². The summed E-state index contributed by atoms with van der Waals surface area (Å²) in [6.07, 6.45) is 4.91. The van der Waals surface area contributed by atoms with Crippen LogP contribution in [-0.2, 0) is 10.8 Å². The van der Waals surface area contributed by atoms with E-state index in [0.717, 1.165) is 24.8 Å². The summed E-state index contributed by atoms with van der Waals surface area (Å²) in [4.78, 5) is 0. The van der Waals surface area contributed by atoms with E-state index in [0.29, 0.717) is 5.25 Å². The Morgan fingerprint density at radius 2 is 1.83 bits per heavy atom. The minimum atomic E-state index is -0.486. The molecule has 0 amide bonds. The van der Waals surface area contributed by atoms with E-state index >= 15 is 0 Å². The van der Waals surface area contributed by atoms with E-state index < -0.39 is 10.8 Å². The van der Waals surface area contributed by atoms with Gasteiger partial charge in [0.15, 0.2) is 0 Å². The molecule has 1 saturated carbocycles. The maximum atomic E-state index is 11.6. The standard InChI is InChI=1S/C9H17NOS/c11-12(9-1-2-9)7-8-3-5-10-6-4-8/h8-10H,1-7H2. The molecule has 1 unspecified atom stereocenters. The van der Waals surface area contributed by atoms with Crippen molar-refractivity contribution in [1.82, 2.24) is 5.32 Å². The molecule has 0 aromatic rings. The topological polar surface area (TPSA) is 29.1 Å². The van der Waals surface area contributed by atoms with E-state index in [1.165, 1.54) is 25.7 Å². The highest BCUT2D eigenvalue weighted by atomic mass is 32.2. The molecule has 70 valence electrons. The Morgan fingerprint density at radius 1 is 1.17 bits per heavy atom. The predicted octanol–water partition coefficient (Wildman–Crippen LogP) is 0.897. The van der Waals surface area contributed by atoms with Gasteiger partial charge in [-0.3, -0.25) is 4.21 Å². The molecule has 2 aliphatic rings. The van der Waals surface area contributed by atoms with Gasteiger partial charge in [0.2, 0.25) is 0 Å². The molecule has 0 radical (unpaired) electrons. The monoisotopic (exact) mass is 187 g/mol. The van der Waals surface area contributed by atoms with Crippen LogP contribution in [0.5, 0.6) is 0 Å². The highest BCUT2D eigenvalue weighted by Crippen LogP contribution is 2.28. The molecule has 1 saturated heterocycles. The summed E-state index contributed by atoms with van der Waals surface area (Å²) in [6, 6.07) is 0. The van der Waals surface area contributed by atoms with Crippen LogP contribution >= 0.6 is 0 Å². The zero-order valence-electron chi connectivity index (χ0n) is 7.42. The van der Waals surface area contributed by atoms with Crippen LogP contribution in [0.2, 0.25) is 0 Å². The van der Waals surface area contributed by atoms with Crippen molar-refractivity contribution in [2.75, 3.05) is 18.8 Å². The summed E-state index contributed by atoms with van der Waals surface area (Å²) >= 11 is 0. The molecule has 2 nitrogen and oxygen atoms in total. The predicted molar refractivity (Wildman–Crippen MR) is 51.6 cm³/mol. The maximum absolute atomic E-state index is 11.6. The van der Waals surface area contributed by atoms with Crippen molar-refractivity contribution in [3.8, 4) is 0 Å². The summed E-state index contributed by atoms with van der Waals surface area (Å²) in [6.45, 7) is 2.26. The highest BCUT2D eigenvalue weighted by molar-refractivity contribution is 7.85. The van der Waals surface area contributed by atoms with Crippen molar-refractivity contribution in [2.45, 2.75) is 30.9 Å². The highest BCUT2D eigenvalue weighted by Gasteiger charge is 2.29. The number of hydrogen-bond acceptors (Lipinski definition) is 2. The van der Waals surface area contributed by atoms with Gasteiger partial charge in [-0.2, -0.15) is 0 Å². The SMILES string of the molecule is O=S(CC1CCNCC1)C1CC1. The van der Waals surface area contributed by atoms with E-state index in [9.17, 15) is 4.21 Å². The molecule has 0 spiro atoms. The third kappa shape index (κ3) is 2.30. The van der Waals surface area contributed by atoms with Crippen LogP contribution < -0.4 is 5.32 Å². The largest absolute Gasteiger partial charge is 0.317 e. The number of nitrogens with one attached hydrogen (secondary N) is 1. The molecule has 3 heteroatoms. The van der Waals surface area contributed by atoms with E-state index in [1.54, 1.807) is 0 Å². The van der Waals surface area contributed by atoms with Gasteiger partial charge in [0.25, 0.3) is 0 Å². The zero-order chi connectivity index (χ0) is 8.39. The molecule has 1 aliphatic carbocycles. The molecule has 1 atom stereocenters. The molecular weight excluding hydrogens is 170 g/mol. The fourth-order valence-electron chi connectivity index (χ4n) is 1.75. The number of hydrogen-bond donors (Lipinski definition) is 1. The summed E-state index contributed by atoms with van der Waals surface area (Å²) < 4.78 is 11.6. The van der Waals surface area contributed by atoms with Crippen molar-refractivity contribution < 1.29 is 4.21 Å². The van der Waals surface area contributed by atoms with Crippen molar-refractivity contribution in [2.24, 2.45) is 5.92 Å². The van der Waals surface area contributed by atoms with Crippen LogP contribution in [0.25, 0.3) is 0 Å². The van der Waals surface area contributed by atoms with Crippen molar-refractivity contribution in [3.63, 3.8) is 0 Å². The van der Waals surface area contributed by atoms with Crippen LogP contribution in [-0.4, -0.2) is 28.3 Å². The summed E-state index contributed by atoms with van der Waals surface area (Å²) in [7, 11) is -0.486. The second kappa shape index (κ2) is 3.88. The third-order valence-corrected chi connectivity index (χ3v) is 4.77. The average molecular weight is 187 g/mol. The lowest BCUT2D eigenvalue weighted by Gasteiger charge is -2.21. The molecule has 12 heavy (non-hydrogen) atoms. The normalized spacial score (nSPS) is 28.7. The first kappa shape index (κ1) is 8.70. The van der Waals surface area contributed by atoms with Crippen molar-refractivity contribution in [1.29, 1.82) is 0 Å². The molecular formula is C9H17NOS. The Bertz CT molecular complexity index is 173. The van der Waals surface area contributed by atoms with Gasteiger partial charge in [0.1, 0.15) is 0 Å². The molecule has 0 bridgehead atoms. The Labute approximate surface area is 76.6 Å². The Hall–Kier alpha value is 0.110. The minimum Gasteiger partial charge on any atom is -0.317 e. The van der Waals surface area contributed by atoms with E-state index in [4.69, 9.17) is 0 Å². The van der Waals surface area contributed by atoms with Crippen LogP contribution in [0.4, 0.5) is 0 Å². The van der Waals surface area contributed by atoms with E-state index in [2.05, 4.69) is 5.32 Å². The number of rotatable bonds is 3. The van der Waals surface area contributed by atoms with Gasteiger partial charge in [-0.25, -0.2) is 0 Å². The number of piperidine rings is 1. The van der Waals surface area contributed by atoms with Gasteiger partial charge in [0.05, 0.1) is 0 Å². The lowest BCUT2D eigenvalue weighted by atomic mass is 10.0. The lowest BCUT2D eigenvalue weighted by molar-refractivity contribution is 0.405. The quantitative estimate of drug-likeness (QED) is 0.711. The fourth-order valence-corrected chi connectivity index (χ4v) is 3.48. The second-order valence-corrected chi connectivity index (χ2v) is 5.70. The molecule has 0 aromatic carbocycles. The summed E-state index contributed by atoms with van der Waals surface area (Å²) in [5.74, 6) is 1.72. The van der Waals surface area contributed by atoms with Crippen LogP contribution in [0.15, 0.2) is 0 Å². The Morgan fingerprint density at radius 3 is 2.42 bits per heavy atom. The first-order chi connectivity index (χ1) is 5.86. The second-order valence-electron chi connectivity index (χ2n) is 3.94. The van der Waals surface area contributed by atoms with Crippen LogP contribution in [0.3, 0.4) is 0 Å². The van der Waals surface area contributed by atoms with E-state index in [1.807, 2.05) is 0 Å². The van der Waals surface area contributed by atoms with Gasteiger partial charge >= 0.3 is 0 Å². The van der Waals surface area contributed by atoms with Gasteiger partial charge in [-0.05, 0) is 44.7 Å². The lowest BCUT2D eigenvalue weighted by Crippen LogP contribution is -2.30. The van der Waals surface area contributed by atoms with Crippen LogP contribution in [0, 0.1) is 5.92 Å². The maximum Gasteiger partial charge on any atom is 0.0349 e. The first-order valence-electron chi connectivity index (χ1n) is 4.94. The fraction of sp³-hybridized carbons (Fsp3) is 1.00. The Balaban J connectivity index is 1.73. The molecule has 2 fully saturated rings. The molecule has 1 heterocycles. The molecule has 1 aliphatic heterocycles. The third-order valence-electron chi connectivity index (χ3n) is 2.75. The molecule has 1 N–H and O–H groups in total. The summed E-state index contributed by atoms with van der Waals surface area (Å²) in [5, 5.41) is 3.92. The first-order valence-corrected chi connectivity index (χ1v) is 6.32. The van der Waals surface area contributed by atoms with Gasteiger partial charge in [-0.1, -0.05) is 0 Å². The van der Waals surface area contributed by atoms with Crippen LogP contribution in [0.1, 0.15) is 25.7 Å².